The lowest BCUT2D eigenvalue weighted by molar-refractivity contribution is -0.145. The minimum Gasteiger partial charge on any atom is -0.480 e. The highest BCUT2D eigenvalue weighted by atomic mass is 127. The Morgan fingerprint density at radius 1 is 1.06 bits per heavy atom. The number of nitrogens with one attached hydrogen (secondary N) is 1. The van der Waals surface area contributed by atoms with Crippen LogP contribution in [0.15, 0.2) is 35.9 Å². The number of anilines is 1. The summed E-state index contributed by atoms with van der Waals surface area (Å²) in [5.74, 6) is -1.45. The number of barbiturate groups is 1. The summed E-state index contributed by atoms with van der Waals surface area (Å²) in [7, 11) is 0. The van der Waals surface area contributed by atoms with Crippen molar-refractivity contribution in [2.45, 2.75) is 20.8 Å². The number of rotatable bonds is 6. The summed E-state index contributed by atoms with van der Waals surface area (Å²) in [6.45, 7) is 5.55. The topological polar surface area (TPSA) is 102 Å². The summed E-state index contributed by atoms with van der Waals surface area (Å²) in [5.41, 5.74) is 2.72. The summed E-state index contributed by atoms with van der Waals surface area (Å²) >= 11 is 4.09. The molecule has 0 bridgehead atoms. The molecule has 0 spiro atoms. The van der Waals surface area contributed by atoms with Crippen LogP contribution in [-0.2, 0) is 19.1 Å². The molecule has 1 saturated heterocycles. The van der Waals surface area contributed by atoms with Crippen LogP contribution in [0.2, 0.25) is 0 Å². The lowest BCUT2D eigenvalue weighted by Crippen LogP contribution is -2.54. The molecular formula is C23H20I2N2O6. The molecule has 33 heavy (non-hydrogen) atoms. The maximum absolute atomic E-state index is 13.1. The lowest BCUT2D eigenvalue weighted by atomic mass is 10.1. The first-order valence-corrected chi connectivity index (χ1v) is 12.0. The van der Waals surface area contributed by atoms with E-state index in [1.807, 2.05) is 65.1 Å². The number of amides is 4. The van der Waals surface area contributed by atoms with Gasteiger partial charge in [0.25, 0.3) is 11.8 Å². The van der Waals surface area contributed by atoms with Gasteiger partial charge in [0.15, 0.2) is 6.61 Å². The number of aryl methyl sites for hydroxylation is 2. The van der Waals surface area contributed by atoms with Crippen molar-refractivity contribution >= 4 is 80.8 Å². The Hall–Kier alpha value is -2.48. The monoisotopic (exact) mass is 674 g/mol. The second kappa shape index (κ2) is 10.6. The fourth-order valence-electron chi connectivity index (χ4n) is 3.06. The molecule has 0 aliphatic carbocycles. The SMILES string of the molecule is CCOC(=O)COc1c(I)cc(/C=C2\C(=O)NC(=O)N(c3ccc(C)c(C)c3)C2=O)cc1I. The van der Waals surface area contributed by atoms with Crippen molar-refractivity contribution in [1.29, 1.82) is 0 Å². The number of urea groups is 1. The number of imide groups is 2. The van der Waals surface area contributed by atoms with Gasteiger partial charge in [0.1, 0.15) is 11.3 Å². The molecule has 172 valence electrons. The summed E-state index contributed by atoms with van der Waals surface area (Å²) in [4.78, 5) is 50.5. The van der Waals surface area contributed by atoms with E-state index in [0.29, 0.717) is 24.1 Å². The van der Waals surface area contributed by atoms with Gasteiger partial charge in [-0.15, -0.1) is 0 Å². The largest absolute Gasteiger partial charge is 0.480 e. The maximum atomic E-state index is 13.1. The zero-order valence-electron chi connectivity index (χ0n) is 18.0. The van der Waals surface area contributed by atoms with Gasteiger partial charge >= 0.3 is 12.0 Å². The Morgan fingerprint density at radius 3 is 2.33 bits per heavy atom. The van der Waals surface area contributed by atoms with Crippen LogP contribution in [-0.4, -0.2) is 37.0 Å². The van der Waals surface area contributed by atoms with E-state index >= 15 is 0 Å². The fraction of sp³-hybridized carbons (Fsp3) is 0.217. The molecule has 2 aromatic rings. The number of halogens is 2. The van der Waals surface area contributed by atoms with Crippen molar-refractivity contribution in [2.75, 3.05) is 18.1 Å². The molecule has 0 atom stereocenters. The van der Waals surface area contributed by atoms with Crippen molar-refractivity contribution in [2.24, 2.45) is 0 Å². The van der Waals surface area contributed by atoms with Gasteiger partial charge in [-0.05, 0) is 113 Å². The molecule has 10 heteroatoms. The molecule has 0 radical (unpaired) electrons. The third-order valence-corrected chi connectivity index (χ3v) is 6.42. The Kier molecular flexibility index (Phi) is 8.10. The van der Waals surface area contributed by atoms with Crippen LogP contribution >= 0.6 is 45.2 Å². The quantitative estimate of drug-likeness (QED) is 0.214. The van der Waals surface area contributed by atoms with Gasteiger partial charge in [-0.2, -0.15) is 0 Å². The highest BCUT2D eigenvalue weighted by Gasteiger charge is 2.37. The number of nitrogens with zero attached hydrogens (tertiary/aromatic N) is 1. The number of carbonyl (C=O) groups excluding carboxylic acids is 4. The first-order chi connectivity index (χ1) is 15.6. The molecule has 2 aromatic carbocycles. The van der Waals surface area contributed by atoms with Crippen molar-refractivity contribution in [3.05, 3.63) is 59.7 Å². The highest BCUT2D eigenvalue weighted by molar-refractivity contribution is 14.1. The molecule has 3 rings (SSSR count). The fourth-order valence-corrected chi connectivity index (χ4v) is 5.19. The Morgan fingerprint density at radius 2 is 1.73 bits per heavy atom. The van der Waals surface area contributed by atoms with Crippen molar-refractivity contribution in [3.8, 4) is 5.75 Å². The summed E-state index contributed by atoms with van der Waals surface area (Å²) in [6, 6.07) is 7.83. The minimum atomic E-state index is -0.794. The first-order valence-electron chi connectivity index (χ1n) is 9.88. The molecule has 4 amide bonds. The average Bonchev–Trinajstić information content (AvgIpc) is 2.73. The Bertz CT molecular complexity index is 1170. The van der Waals surface area contributed by atoms with Gasteiger partial charge < -0.3 is 9.47 Å². The molecule has 1 heterocycles. The zero-order valence-corrected chi connectivity index (χ0v) is 22.3. The standard InChI is InChI=1S/C23H20I2N2O6/c1-4-32-19(28)11-33-20-17(24)9-14(10-18(20)25)8-16-21(29)26-23(31)27(22(16)30)15-6-5-12(2)13(3)7-15/h5-10H,4,11H2,1-3H3,(H,26,29,31)/b16-8+. The molecule has 8 nitrogen and oxygen atoms in total. The van der Waals surface area contributed by atoms with E-state index in [9.17, 15) is 19.2 Å². The molecular weight excluding hydrogens is 654 g/mol. The molecule has 0 unspecified atom stereocenters. The highest BCUT2D eigenvalue weighted by Crippen LogP contribution is 2.31. The summed E-state index contributed by atoms with van der Waals surface area (Å²) in [5, 5.41) is 2.23. The smallest absolute Gasteiger partial charge is 0.344 e. The maximum Gasteiger partial charge on any atom is 0.344 e. The third kappa shape index (κ3) is 5.72. The van der Waals surface area contributed by atoms with Gasteiger partial charge in [0.2, 0.25) is 0 Å². The third-order valence-electron chi connectivity index (χ3n) is 4.82. The van der Waals surface area contributed by atoms with E-state index < -0.39 is 23.8 Å². The molecule has 1 fully saturated rings. The molecule has 0 aromatic heterocycles. The summed E-state index contributed by atoms with van der Waals surface area (Å²) < 4.78 is 11.8. The van der Waals surface area contributed by atoms with Gasteiger partial charge in [-0.3, -0.25) is 14.9 Å². The van der Waals surface area contributed by atoms with Gasteiger partial charge in [0.05, 0.1) is 19.4 Å². The van der Waals surface area contributed by atoms with E-state index in [4.69, 9.17) is 9.47 Å². The van der Waals surface area contributed by atoms with E-state index in [1.54, 1.807) is 31.2 Å². The van der Waals surface area contributed by atoms with Gasteiger partial charge in [0, 0.05) is 0 Å². The van der Waals surface area contributed by atoms with Crippen molar-refractivity contribution in [3.63, 3.8) is 0 Å². The van der Waals surface area contributed by atoms with E-state index in [2.05, 4.69) is 5.32 Å². The second-order valence-corrected chi connectivity index (χ2v) is 9.46. The van der Waals surface area contributed by atoms with Crippen LogP contribution < -0.4 is 15.0 Å². The number of benzene rings is 2. The van der Waals surface area contributed by atoms with Crippen LogP contribution in [0.4, 0.5) is 10.5 Å². The Labute approximate surface area is 218 Å². The summed E-state index contributed by atoms with van der Waals surface area (Å²) in [6.07, 6.45) is 1.43. The second-order valence-electron chi connectivity index (χ2n) is 7.13. The van der Waals surface area contributed by atoms with Gasteiger partial charge in [-0.25, -0.2) is 14.5 Å². The Balaban J connectivity index is 1.91. The van der Waals surface area contributed by atoms with Crippen LogP contribution in [0, 0.1) is 21.0 Å². The van der Waals surface area contributed by atoms with Crippen LogP contribution in [0.5, 0.6) is 5.75 Å². The number of hydrogen-bond donors (Lipinski definition) is 1. The number of ether oxygens (including phenoxy) is 2. The van der Waals surface area contributed by atoms with Crippen LogP contribution in [0.3, 0.4) is 0 Å². The van der Waals surface area contributed by atoms with Crippen molar-refractivity contribution in [1.82, 2.24) is 5.32 Å². The predicted octanol–water partition coefficient (Wildman–Crippen LogP) is 4.12. The van der Waals surface area contributed by atoms with Gasteiger partial charge in [-0.1, -0.05) is 6.07 Å². The molecule has 0 saturated carbocycles. The van der Waals surface area contributed by atoms with E-state index in [-0.39, 0.29) is 18.8 Å². The van der Waals surface area contributed by atoms with Crippen LogP contribution in [0.1, 0.15) is 23.6 Å². The number of hydrogen-bond acceptors (Lipinski definition) is 6. The average molecular weight is 674 g/mol. The number of esters is 1. The minimum absolute atomic E-state index is 0.167. The molecule has 1 aliphatic heterocycles. The lowest BCUT2D eigenvalue weighted by Gasteiger charge is -2.27. The van der Waals surface area contributed by atoms with Crippen LogP contribution in [0.25, 0.3) is 6.08 Å². The number of carbonyl (C=O) groups is 4. The predicted molar refractivity (Wildman–Crippen MR) is 139 cm³/mol. The van der Waals surface area contributed by atoms with Crippen molar-refractivity contribution < 1.29 is 28.7 Å². The normalized spacial score (nSPS) is 15.0. The zero-order chi connectivity index (χ0) is 24.3. The molecule has 1 aliphatic rings. The van der Waals surface area contributed by atoms with E-state index in [0.717, 1.165) is 16.0 Å². The first kappa shape index (κ1) is 25.1. The van der Waals surface area contributed by atoms with E-state index in [1.165, 1.54) is 6.08 Å². The molecule has 1 N–H and O–H groups in total.